The van der Waals surface area contributed by atoms with E-state index in [1.54, 1.807) is 28.0 Å². The molecule has 3 heterocycles. The van der Waals surface area contributed by atoms with Crippen molar-refractivity contribution in [3.05, 3.63) is 72.1 Å². The van der Waals surface area contributed by atoms with E-state index in [2.05, 4.69) is 9.97 Å². The van der Waals surface area contributed by atoms with E-state index in [9.17, 15) is 14.7 Å². The molecular formula is C24H22N4O4. The maximum atomic E-state index is 12.8. The fourth-order valence-corrected chi connectivity index (χ4v) is 3.93. The number of hydrogen-bond donors (Lipinski definition) is 2. The molecule has 2 aromatic heterocycles. The number of carbonyl (C=O) groups is 2. The van der Waals surface area contributed by atoms with Crippen LogP contribution in [0.15, 0.2) is 60.7 Å². The summed E-state index contributed by atoms with van der Waals surface area (Å²) in [6.07, 6.45) is -0.443. The SMILES string of the molecule is O=C(OCc1ccc2cccc(O)c2n1)N1CCN(C(=O)c2cc3ccccc3[nH]2)CC1. The van der Waals surface area contributed by atoms with E-state index in [1.165, 1.54) is 0 Å². The van der Waals surface area contributed by atoms with Gasteiger partial charge in [0.1, 0.15) is 23.6 Å². The third-order valence-corrected chi connectivity index (χ3v) is 5.69. The topological polar surface area (TPSA) is 98.8 Å². The van der Waals surface area contributed by atoms with Gasteiger partial charge in [0.25, 0.3) is 5.91 Å². The lowest BCUT2D eigenvalue weighted by molar-refractivity contribution is 0.0538. The summed E-state index contributed by atoms with van der Waals surface area (Å²) in [5, 5.41) is 11.8. The Bertz CT molecular complexity index is 1270. The Hall–Kier alpha value is -4.07. The molecule has 2 N–H and O–H groups in total. The number of ether oxygens (including phenoxy) is 1. The van der Waals surface area contributed by atoms with Gasteiger partial charge in [-0.25, -0.2) is 9.78 Å². The van der Waals surface area contributed by atoms with Gasteiger partial charge < -0.3 is 24.6 Å². The van der Waals surface area contributed by atoms with E-state index in [1.807, 2.05) is 42.5 Å². The maximum Gasteiger partial charge on any atom is 0.410 e. The van der Waals surface area contributed by atoms with Gasteiger partial charge in [-0.05, 0) is 24.3 Å². The number of nitrogens with one attached hydrogen (secondary N) is 1. The third kappa shape index (κ3) is 3.82. The van der Waals surface area contributed by atoms with Gasteiger partial charge in [-0.1, -0.05) is 36.4 Å². The number of nitrogens with zero attached hydrogens (tertiary/aromatic N) is 3. The Labute approximate surface area is 184 Å². The third-order valence-electron chi connectivity index (χ3n) is 5.69. The molecule has 4 aromatic rings. The second-order valence-electron chi connectivity index (χ2n) is 7.76. The number of hydrogen-bond acceptors (Lipinski definition) is 5. The van der Waals surface area contributed by atoms with Gasteiger partial charge in [0.05, 0.1) is 5.69 Å². The van der Waals surface area contributed by atoms with E-state index in [0.717, 1.165) is 16.3 Å². The van der Waals surface area contributed by atoms with Crippen LogP contribution in [0.3, 0.4) is 0 Å². The summed E-state index contributed by atoms with van der Waals surface area (Å²) in [5.74, 6) is 0.0146. The Kier molecular flexibility index (Phi) is 5.10. The zero-order chi connectivity index (χ0) is 22.1. The molecule has 1 saturated heterocycles. The van der Waals surface area contributed by atoms with Crippen molar-refractivity contribution in [2.75, 3.05) is 26.2 Å². The molecule has 2 amide bonds. The number of pyridine rings is 1. The number of para-hydroxylation sites is 2. The molecule has 0 bridgehead atoms. The molecular weight excluding hydrogens is 408 g/mol. The zero-order valence-corrected chi connectivity index (χ0v) is 17.3. The highest BCUT2D eigenvalue weighted by Crippen LogP contribution is 2.22. The molecule has 8 heteroatoms. The Balaban J connectivity index is 1.17. The average Bonchev–Trinajstić information content (AvgIpc) is 3.27. The molecule has 8 nitrogen and oxygen atoms in total. The second-order valence-corrected chi connectivity index (χ2v) is 7.76. The molecule has 1 fully saturated rings. The van der Waals surface area contributed by atoms with Crippen LogP contribution < -0.4 is 0 Å². The fourth-order valence-electron chi connectivity index (χ4n) is 3.93. The van der Waals surface area contributed by atoms with Crippen LogP contribution in [0.2, 0.25) is 0 Å². The van der Waals surface area contributed by atoms with Crippen LogP contribution in [0.4, 0.5) is 4.79 Å². The molecule has 2 aromatic carbocycles. The average molecular weight is 430 g/mol. The number of fused-ring (bicyclic) bond motifs is 2. The highest BCUT2D eigenvalue weighted by atomic mass is 16.6. The van der Waals surface area contributed by atoms with Crippen molar-refractivity contribution in [3.63, 3.8) is 0 Å². The van der Waals surface area contributed by atoms with E-state index in [-0.39, 0.29) is 18.3 Å². The first-order valence-electron chi connectivity index (χ1n) is 10.4. The molecule has 1 aliphatic heterocycles. The Morgan fingerprint density at radius 3 is 2.50 bits per heavy atom. The van der Waals surface area contributed by atoms with Crippen molar-refractivity contribution in [1.82, 2.24) is 19.8 Å². The minimum atomic E-state index is -0.443. The number of phenols is 1. The van der Waals surface area contributed by atoms with E-state index in [0.29, 0.717) is 43.1 Å². The second kappa shape index (κ2) is 8.22. The van der Waals surface area contributed by atoms with Crippen LogP contribution in [0.1, 0.15) is 16.2 Å². The first kappa shape index (κ1) is 19.9. The summed E-state index contributed by atoms with van der Waals surface area (Å²) in [5.41, 5.74) is 2.51. The first-order chi connectivity index (χ1) is 15.6. The zero-order valence-electron chi connectivity index (χ0n) is 17.3. The summed E-state index contributed by atoms with van der Waals surface area (Å²) in [6.45, 7) is 1.68. The maximum absolute atomic E-state index is 12.8. The predicted octanol–water partition coefficient (Wildman–Crippen LogP) is 3.52. The largest absolute Gasteiger partial charge is 0.506 e. The number of rotatable bonds is 3. The molecule has 0 radical (unpaired) electrons. The van der Waals surface area contributed by atoms with Crippen molar-refractivity contribution in [3.8, 4) is 5.75 Å². The van der Waals surface area contributed by atoms with E-state index < -0.39 is 6.09 Å². The standard InChI is InChI=1S/C24H22N4O4/c29-21-7-3-5-16-8-9-18(25-22(16)21)15-32-24(31)28-12-10-27(11-13-28)23(30)20-14-17-4-1-2-6-19(17)26-20/h1-9,14,26,29H,10-13,15H2. The molecule has 0 saturated carbocycles. The molecule has 0 atom stereocenters. The molecule has 0 aliphatic carbocycles. The van der Waals surface area contributed by atoms with Crippen LogP contribution in [-0.2, 0) is 11.3 Å². The van der Waals surface area contributed by atoms with Gasteiger partial charge in [0, 0.05) is 42.5 Å². The molecule has 0 unspecified atom stereocenters. The Morgan fingerprint density at radius 2 is 1.69 bits per heavy atom. The summed E-state index contributed by atoms with van der Waals surface area (Å²) < 4.78 is 5.41. The van der Waals surface area contributed by atoms with E-state index >= 15 is 0 Å². The molecule has 32 heavy (non-hydrogen) atoms. The van der Waals surface area contributed by atoms with Crippen LogP contribution in [-0.4, -0.2) is 63.1 Å². The highest BCUT2D eigenvalue weighted by molar-refractivity contribution is 5.98. The van der Waals surface area contributed by atoms with Gasteiger partial charge in [-0.3, -0.25) is 4.79 Å². The number of piperazine rings is 1. The van der Waals surface area contributed by atoms with Crippen LogP contribution in [0.25, 0.3) is 21.8 Å². The lowest BCUT2D eigenvalue weighted by Gasteiger charge is -2.33. The van der Waals surface area contributed by atoms with Crippen molar-refractivity contribution >= 4 is 33.8 Å². The van der Waals surface area contributed by atoms with E-state index in [4.69, 9.17) is 4.74 Å². The smallest absolute Gasteiger partial charge is 0.410 e. The quantitative estimate of drug-likeness (QED) is 0.518. The molecule has 1 aliphatic rings. The van der Waals surface area contributed by atoms with Crippen LogP contribution >= 0.6 is 0 Å². The number of carbonyl (C=O) groups excluding carboxylic acids is 2. The summed E-state index contributed by atoms with van der Waals surface area (Å²) in [6, 6.07) is 18.4. The lowest BCUT2D eigenvalue weighted by atomic mass is 10.2. The number of amides is 2. The van der Waals surface area contributed by atoms with Gasteiger partial charge in [-0.2, -0.15) is 0 Å². The molecule has 0 spiro atoms. The number of benzene rings is 2. The molecule has 162 valence electrons. The number of aromatic nitrogens is 2. The first-order valence-corrected chi connectivity index (χ1v) is 10.4. The minimum absolute atomic E-state index is 0.0112. The predicted molar refractivity (Wildman–Crippen MR) is 119 cm³/mol. The highest BCUT2D eigenvalue weighted by Gasteiger charge is 2.26. The summed E-state index contributed by atoms with van der Waals surface area (Å²) in [7, 11) is 0. The normalized spacial score (nSPS) is 14.1. The summed E-state index contributed by atoms with van der Waals surface area (Å²) >= 11 is 0. The van der Waals surface area contributed by atoms with Crippen molar-refractivity contribution in [2.24, 2.45) is 0 Å². The van der Waals surface area contributed by atoms with Crippen molar-refractivity contribution in [1.29, 1.82) is 0 Å². The van der Waals surface area contributed by atoms with Crippen molar-refractivity contribution in [2.45, 2.75) is 6.61 Å². The number of aromatic hydroxyl groups is 1. The van der Waals surface area contributed by atoms with Gasteiger partial charge >= 0.3 is 6.09 Å². The van der Waals surface area contributed by atoms with Crippen LogP contribution in [0.5, 0.6) is 5.75 Å². The summed E-state index contributed by atoms with van der Waals surface area (Å²) in [4.78, 5) is 36.2. The van der Waals surface area contributed by atoms with Crippen LogP contribution in [0, 0.1) is 0 Å². The lowest BCUT2D eigenvalue weighted by Crippen LogP contribution is -2.50. The Morgan fingerprint density at radius 1 is 0.938 bits per heavy atom. The minimum Gasteiger partial charge on any atom is -0.506 e. The number of aromatic amines is 1. The van der Waals surface area contributed by atoms with Crippen molar-refractivity contribution < 1.29 is 19.4 Å². The number of H-pyrrole nitrogens is 1. The monoisotopic (exact) mass is 430 g/mol. The van der Waals surface area contributed by atoms with Gasteiger partial charge in [-0.15, -0.1) is 0 Å². The van der Waals surface area contributed by atoms with Gasteiger partial charge in [0.15, 0.2) is 0 Å². The number of phenolic OH excluding ortho intramolecular Hbond substituents is 1. The van der Waals surface area contributed by atoms with Gasteiger partial charge in [0.2, 0.25) is 0 Å². The fraction of sp³-hybridized carbons (Fsp3) is 0.208. The molecule has 5 rings (SSSR count).